The molecule has 0 bridgehead atoms. The highest BCUT2D eigenvalue weighted by molar-refractivity contribution is 5.81. The van der Waals surface area contributed by atoms with Crippen LogP contribution in [0.25, 0.3) is 11.1 Å². The summed E-state index contributed by atoms with van der Waals surface area (Å²) in [6.45, 7) is 0.144. The van der Waals surface area contributed by atoms with Gasteiger partial charge in [0.1, 0.15) is 18.4 Å². The van der Waals surface area contributed by atoms with Crippen molar-refractivity contribution in [2.45, 2.75) is 81.8 Å². The standard InChI is InChI=1S/C34H37NO5/c36-33(37)31(20-22-17-18-32(40-24-11-3-4-12-24)29(19-22)23-9-1-2-10-23)35-34(38)39-21-30-27-15-7-5-13-25(27)26-14-6-8-16-28(26)30/h5-8,13-19,23-24,30-31H,1-4,9-12,20-21H2,(H,35,38)(H,36,37)/t31-/m0/s1. The van der Waals surface area contributed by atoms with Gasteiger partial charge < -0.3 is 19.9 Å². The van der Waals surface area contributed by atoms with Gasteiger partial charge in [-0.3, -0.25) is 0 Å². The van der Waals surface area contributed by atoms with E-state index < -0.39 is 18.1 Å². The lowest BCUT2D eigenvalue weighted by Gasteiger charge is -2.22. The first-order valence-corrected chi connectivity index (χ1v) is 14.7. The number of ether oxygens (including phenoxy) is 2. The van der Waals surface area contributed by atoms with Crippen molar-refractivity contribution in [2.24, 2.45) is 0 Å². The molecule has 3 aliphatic rings. The smallest absolute Gasteiger partial charge is 0.407 e. The Balaban J connectivity index is 1.13. The van der Waals surface area contributed by atoms with Gasteiger partial charge in [-0.2, -0.15) is 0 Å². The molecule has 0 heterocycles. The lowest BCUT2D eigenvalue weighted by atomic mass is 9.93. The lowest BCUT2D eigenvalue weighted by Crippen LogP contribution is -2.43. The lowest BCUT2D eigenvalue weighted by molar-refractivity contribution is -0.139. The van der Waals surface area contributed by atoms with Crippen molar-refractivity contribution in [3.63, 3.8) is 0 Å². The summed E-state index contributed by atoms with van der Waals surface area (Å²) in [6, 6.07) is 21.2. The molecule has 2 fully saturated rings. The average molecular weight is 540 g/mol. The number of nitrogens with one attached hydrogen (secondary N) is 1. The predicted molar refractivity (Wildman–Crippen MR) is 154 cm³/mol. The van der Waals surface area contributed by atoms with Crippen LogP contribution in [0.5, 0.6) is 5.75 Å². The van der Waals surface area contributed by atoms with Crippen molar-refractivity contribution < 1.29 is 24.2 Å². The van der Waals surface area contributed by atoms with Crippen LogP contribution in [0.2, 0.25) is 0 Å². The number of rotatable bonds is 9. The molecule has 6 nitrogen and oxygen atoms in total. The van der Waals surface area contributed by atoms with E-state index in [4.69, 9.17) is 9.47 Å². The van der Waals surface area contributed by atoms with E-state index in [1.165, 1.54) is 31.2 Å². The third kappa shape index (κ3) is 5.58. The number of fused-ring (bicyclic) bond motifs is 3. The summed E-state index contributed by atoms with van der Waals surface area (Å²) in [4.78, 5) is 25.0. The first-order valence-electron chi connectivity index (χ1n) is 14.7. The number of benzene rings is 3. The molecule has 0 radical (unpaired) electrons. The van der Waals surface area contributed by atoms with Gasteiger partial charge in [0.2, 0.25) is 0 Å². The first kappa shape index (κ1) is 26.4. The van der Waals surface area contributed by atoms with Crippen molar-refractivity contribution in [1.82, 2.24) is 5.32 Å². The fourth-order valence-electron chi connectivity index (χ4n) is 6.79. The Morgan fingerprint density at radius 1 is 0.825 bits per heavy atom. The van der Waals surface area contributed by atoms with Crippen molar-refractivity contribution in [3.8, 4) is 16.9 Å². The molecule has 2 N–H and O–H groups in total. The molecule has 2 saturated carbocycles. The summed E-state index contributed by atoms with van der Waals surface area (Å²) in [7, 11) is 0. The van der Waals surface area contributed by atoms with E-state index in [-0.39, 0.29) is 25.0 Å². The number of aliphatic carboxylic acids is 1. The third-order valence-electron chi connectivity index (χ3n) is 8.84. The number of hydrogen-bond acceptors (Lipinski definition) is 4. The Kier molecular flexibility index (Phi) is 7.76. The summed E-state index contributed by atoms with van der Waals surface area (Å²) in [5, 5.41) is 12.6. The van der Waals surface area contributed by atoms with Crippen LogP contribution in [0.4, 0.5) is 4.79 Å². The maximum Gasteiger partial charge on any atom is 0.407 e. The highest BCUT2D eigenvalue weighted by Crippen LogP contribution is 2.44. The summed E-state index contributed by atoms with van der Waals surface area (Å²) in [5.41, 5.74) is 6.60. The van der Waals surface area contributed by atoms with Crippen molar-refractivity contribution in [1.29, 1.82) is 0 Å². The zero-order valence-corrected chi connectivity index (χ0v) is 22.8. The Morgan fingerprint density at radius 3 is 2.10 bits per heavy atom. The minimum Gasteiger partial charge on any atom is -0.490 e. The number of carboxylic acids is 1. The highest BCUT2D eigenvalue weighted by Gasteiger charge is 2.30. The summed E-state index contributed by atoms with van der Waals surface area (Å²) < 4.78 is 12.0. The molecule has 1 atom stereocenters. The second kappa shape index (κ2) is 11.7. The molecule has 3 aliphatic carbocycles. The quantitative estimate of drug-likeness (QED) is 0.300. The van der Waals surface area contributed by atoms with Crippen LogP contribution in [-0.2, 0) is 16.0 Å². The van der Waals surface area contributed by atoms with Gasteiger partial charge in [-0.15, -0.1) is 0 Å². The summed E-state index contributed by atoms with van der Waals surface area (Å²) in [6.07, 6.45) is 9.02. The number of carbonyl (C=O) groups excluding carboxylic acids is 1. The van der Waals surface area contributed by atoms with Crippen LogP contribution >= 0.6 is 0 Å². The second-order valence-corrected chi connectivity index (χ2v) is 11.4. The molecule has 40 heavy (non-hydrogen) atoms. The Labute approximate surface area is 235 Å². The monoisotopic (exact) mass is 539 g/mol. The Morgan fingerprint density at radius 2 is 1.45 bits per heavy atom. The molecule has 3 aromatic carbocycles. The van der Waals surface area contributed by atoms with Gasteiger partial charge in [0.05, 0.1) is 6.10 Å². The maximum atomic E-state index is 12.8. The van der Waals surface area contributed by atoms with E-state index in [1.54, 1.807) is 0 Å². The SMILES string of the molecule is O=C(N[C@@H](Cc1ccc(OC2CCCC2)c(C2CCCC2)c1)C(=O)O)OCC1c2ccccc2-c2ccccc21. The molecule has 0 unspecified atom stereocenters. The van der Waals surface area contributed by atoms with E-state index >= 15 is 0 Å². The van der Waals surface area contributed by atoms with Gasteiger partial charge in [-0.25, -0.2) is 9.59 Å². The highest BCUT2D eigenvalue weighted by atomic mass is 16.5. The van der Waals surface area contributed by atoms with Gasteiger partial charge in [0.25, 0.3) is 0 Å². The molecule has 6 rings (SSSR count). The van der Waals surface area contributed by atoms with Crippen LogP contribution in [0.3, 0.4) is 0 Å². The van der Waals surface area contributed by atoms with Gasteiger partial charge in [0.15, 0.2) is 0 Å². The van der Waals surface area contributed by atoms with Gasteiger partial charge in [-0.05, 0) is 83.9 Å². The van der Waals surface area contributed by atoms with Crippen molar-refractivity contribution >= 4 is 12.1 Å². The average Bonchev–Trinajstić information content (AvgIpc) is 3.74. The van der Waals surface area contributed by atoms with Gasteiger partial charge in [0, 0.05) is 12.3 Å². The zero-order valence-electron chi connectivity index (χ0n) is 22.8. The molecule has 208 valence electrons. The van der Waals surface area contributed by atoms with Crippen LogP contribution in [0, 0.1) is 0 Å². The van der Waals surface area contributed by atoms with Gasteiger partial charge >= 0.3 is 12.1 Å². The van der Waals surface area contributed by atoms with E-state index in [2.05, 4.69) is 35.6 Å². The number of hydrogen-bond donors (Lipinski definition) is 2. The molecule has 0 spiro atoms. The molecule has 0 aliphatic heterocycles. The van der Waals surface area contributed by atoms with Crippen molar-refractivity contribution in [3.05, 3.63) is 89.0 Å². The van der Waals surface area contributed by atoms with E-state index in [0.717, 1.165) is 59.3 Å². The summed E-state index contributed by atoms with van der Waals surface area (Å²) in [5.74, 6) is 0.221. The molecular weight excluding hydrogens is 502 g/mol. The maximum absolute atomic E-state index is 12.8. The molecule has 1 amide bonds. The Hall–Kier alpha value is -3.80. The van der Waals surface area contributed by atoms with E-state index in [0.29, 0.717) is 5.92 Å². The minimum absolute atomic E-state index is 0.0807. The fraction of sp³-hybridized carbons (Fsp3) is 0.412. The van der Waals surface area contributed by atoms with Crippen LogP contribution in [-0.4, -0.2) is 35.9 Å². The van der Waals surface area contributed by atoms with E-state index in [9.17, 15) is 14.7 Å². The van der Waals surface area contributed by atoms with Crippen LogP contribution in [0.15, 0.2) is 66.7 Å². The topological polar surface area (TPSA) is 84.9 Å². The fourth-order valence-corrected chi connectivity index (χ4v) is 6.79. The number of carbonyl (C=O) groups is 2. The van der Waals surface area contributed by atoms with Crippen LogP contribution in [0.1, 0.15) is 85.5 Å². The number of alkyl carbamates (subject to hydrolysis) is 1. The van der Waals surface area contributed by atoms with Gasteiger partial charge in [-0.1, -0.05) is 73.5 Å². The van der Waals surface area contributed by atoms with Crippen molar-refractivity contribution in [2.75, 3.05) is 6.61 Å². The Bertz CT molecular complexity index is 1330. The minimum atomic E-state index is -1.09. The summed E-state index contributed by atoms with van der Waals surface area (Å²) >= 11 is 0. The zero-order chi connectivity index (χ0) is 27.5. The molecule has 0 saturated heterocycles. The van der Waals surface area contributed by atoms with Crippen LogP contribution < -0.4 is 10.1 Å². The normalized spacial score (nSPS) is 17.8. The second-order valence-electron chi connectivity index (χ2n) is 11.4. The van der Waals surface area contributed by atoms with E-state index in [1.807, 2.05) is 36.4 Å². The predicted octanol–water partition coefficient (Wildman–Crippen LogP) is 7.20. The molecule has 6 heteroatoms. The number of carboxylic acid groups (broad SMARTS) is 1. The molecule has 3 aromatic rings. The molecule has 0 aromatic heterocycles. The first-order chi connectivity index (χ1) is 19.6. The number of amides is 1. The molecular formula is C34H37NO5. The third-order valence-corrected chi connectivity index (χ3v) is 8.84. The largest absolute Gasteiger partial charge is 0.490 e.